The molecule has 6 nitrogen and oxygen atoms in total. The fourth-order valence-corrected chi connectivity index (χ4v) is 0.577. The Hall–Kier alpha value is 0.474. The molecule has 0 spiro atoms. The fraction of sp³-hybridized carbons (Fsp3) is 1.00. The van der Waals surface area contributed by atoms with Crippen LogP contribution in [0.25, 0.3) is 0 Å². The summed E-state index contributed by atoms with van der Waals surface area (Å²) in [6, 6.07) is 0. The Morgan fingerprint density at radius 1 is 0.480 bits per heavy atom. The molecule has 0 aromatic heterocycles. The van der Waals surface area contributed by atoms with Gasteiger partial charge in [0, 0.05) is 0 Å². The Kier molecular flexibility index (Phi) is 104. The maximum absolute atomic E-state index is 9.53. The minimum atomic E-state index is -0.125. The summed E-state index contributed by atoms with van der Waals surface area (Å²) in [4.78, 5) is 0. The Labute approximate surface area is 171 Å². The standard InChI is InChI=1S/4C4H9O.C2H6O2.Ti/c4*1-2-3-4-5;3-1-2-4;/h4*2-4H2,1H3;3-4H,1-2H2;/q4*-1;;+4. The molecule has 2 N–H and O–H groups in total. The molecule has 0 aromatic rings. The molecule has 0 aliphatic carbocycles. The van der Waals surface area contributed by atoms with Gasteiger partial charge in [-0.05, 0) is 0 Å². The van der Waals surface area contributed by atoms with E-state index in [9.17, 15) is 20.4 Å². The molecular weight excluding hydrogens is 360 g/mol. The predicted octanol–water partition coefficient (Wildman–Crippen LogP) is -0.444. The SMILES string of the molecule is CCCC[O-].CCCC[O-].CCCC[O-].CCCC[O-].OCCO.[Ti+4]. The van der Waals surface area contributed by atoms with Crippen molar-refractivity contribution in [2.24, 2.45) is 0 Å². The van der Waals surface area contributed by atoms with Crippen molar-refractivity contribution in [1.82, 2.24) is 0 Å². The molecule has 0 radical (unpaired) electrons. The average Bonchev–Trinajstić information content (AvgIpc) is 2.60. The van der Waals surface area contributed by atoms with E-state index < -0.39 is 0 Å². The van der Waals surface area contributed by atoms with Gasteiger partial charge in [-0.1, -0.05) is 79.1 Å². The van der Waals surface area contributed by atoms with Gasteiger partial charge in [-0.15, -0.1) is 26.4 Å². The van der Waals surface area contributed by atoms with E-state index in [2.05, 4.69) is 0 Å². The van der Waals surface area contributed by atoms with E-state index in [1.165, 1.54) is 0 Å². The third-order valence-electron chi connectivity index (χ3n) is 2.09. The van der Waals surface area contributed by atoms with Crippen molar-refractivity contribution in [2.45, 2.75) is 79.1 Å². The maximum Gasteiger partial charge on any atom is 4.00 e. The molecule has 0 rings (SSSR count). The fourth-order valence-electron chi connectivity index (χ4n) is 0.577. The molecule has 0 aliphatic rings. The van der Waals surface area contributed by atoms with Crippen LogP contribution in [0.2, 0.25) is 0 Å². The zero-order chi connectivity index (χ0) is 19.9. The van der Waals surface area contributed by atoms with Crippen molar-refractivity contribution < 1.29 is 52.4 Å². The van der Waals surface area contributed by atoms with Crippen LogP contribution in [0.5, 0.6) is 0 Å². The van der Waals surface area contributed by atoms with E-state index in [4.69, 9.17) is 10.2 Å². The summed E-state index contributed by atoms with van der Waals surface area (Å²) in [6.45, 7) is 8.17. The molecule has 0 saturated carbocycles. The van der Waals surface area contributed by atoms with Gasteiger partial charge in [0.15, 0.2) is 0 Å². The van der Waals surface area contributed by atoms with Crippen molar-refractivity contribution in [1.29, 1.82) is 0 Å². The summed E-state index contributed by atoms with van der Waals surface area (Å²) in [5.41, 5.74) is 0. The summed E-state index contributed by atoms with van der Waals surface area (Å²) in [6.07, 6.45) is 7.46. The zero-order valence-electron chi connectivity index (χ0n) is 16.9. The van der Waals surface area contributed by atoms with Gasteiger partial charge < -0.3 is 30.6 Å². The van der Waals surface area contributed by atoms with Gasteiger partial charge in [-0.3, -0.25) is 0 Å². The van der Waals surface area contributed by atoms with Gasteiger partial charge in [0.2, 0.25) is 0 Å². The summed E-state index contributed by atoms with van der Waals surface area (Å²) < 4.78 is 0. The second-order valence-corrected chi connectivity index (χ2v) is 4.68. The van der Waals surface area contributed by atoms with Crippen LogP contribution in [-0.2, 0) is 21.7 Å². The largest absolute Gasteiger partial charge is 4.00 e. The molecule has 0 atom stereocenters. The first-order chi connectivity index (χ1) is 11.6. The summed E-state index contributed by atoms with van der Waals surface area (Å²) >= 11 is 0. The Balaban J connectivity index is -0.0000000448. The molecular formula is C18H42O6Ti. The van der Waals surface area contributed by atoms with E-state index in [1.54, 1.807) is 0 Å². The molecule has 0 fully saturated rings. The van der Waals surface area contributed by atoms with Crippen LogP contribution < -0.4 is 20.4 Å². The molecule has 25 heavy (non-hydrogen) atoms. The Morgan fingerprint density at radius 2 is 0.640 bits per heavy atom. The van der Waals surface area contributed by atoms with Crippen molar-refractivity contribution in [2.75, 3.05) is 39.6 Å². The maximum atomic E-state index is 9.53. The molecule has 0 amide bonds. The molecule has 0 aromatic carbocycles. The predicted molar refractivity (Wildman–Crippen MR) is 93.3 cm³/mol. The minimum Gasteiger partial charge on any atom is -0.854 e. The van der Waals surface area contributed by atoms with E-state index in [1.807, 2.05) is 27.7 Å². The van der Waals surface area contributed by atoms with Gasteiger partial charge >= 0.3 is 21.7 Å². The van der Waals surface area contributed by atoms with Crippen LogP contribution in [0.15, 0.2) is 0 Å². The molecule has 0 bridgehead atoms. The summed E-state index contributed by atoms with van der Waals surface area (Å²) in [5, 5.41) is 53.4. The van der Waals surface area contributed by atoms with Crippen molar-refractivity contribution >= 4 is 0 Å². The first-order valence-electron chi connectivity index (χ1n) is 9.12. The van der Waals surface area contributed by atoms with Crippen molar-refractivity contribution in [3.05, 3.63) is 0 Å². The molecule has 0 heterocycles. The third-order valence-corrected chi connectivity index (χ3v) is 2.09. The zero-order valence-corrected chi connectivity index (χ0v) is 18.5. The van der Waals surface area contributed by atoms with Gasteiger partial charge in [0.05, 0.1) is 13.2 Å². The third kappa shape index (κ3) is 138. The van der Waals surface area contributed by atoms with E-state index >= 15 is 0 Å². The number of aliphatic hydroxyl groups is 2. The summed E-state index contributed by atoms with van der Waals surface area (Å²) in [7, 11) is 0. The summed E-state index contributed by atoms with van der Waals surface area (Å²) in [5.74, 6) is 0. The molecule has 0 saturated heterocycles. The van der Waals surface area contributed by atoms with E-state index in [0.717, 1.165) is 51.4 Å². The number of aliphatic hydroxyl groups excluding tert-OH is 2. The minimum absolute atomic E-state index is 0. The van der Waals surface area contributed by atoms with Crippen LogP contribution in [0.4, 0.5) is 0 Å². The van der Waals surface area contributed by atoms with E-state index in [-0.39, 0.29) is 61.4 Å². The quantitative estimate of drug-likeness (QED) is 0.502. The number of hydrogen-bond donors (Lipinski definition) is 2. The number of unbranched alkanes of at least 4 members (excludes halogenated alkanes) is 4. The second-order valence-electron chi connectivity index (χ2n) is 4.68. The molecule has 154 valence electrons. The van der Waals surface area contributed by atoms with Crippen LogP contribution in [-0.4, -0.2) is 49.9 Å². The van der Waals surface area contributed by atoms with Crippen LogP contribution in [0.3, 0.4) is 0 Å². The second kappa shape index (κ2) is 64.4. The van der Waals surface area contributed by atoms with Gasteiger partial charge in [-0.2, -0.15) is 0 Å². The van der Waals surface area contributed by atoms with Gasteiger partial charge in [0.25, 0.3) is 0 Å². The van der Waals surface area contributed by atoms with Crippen LogP contribution in [0, 0.1) is 0 Å². The van der Waals surface area contributed by atoms with Crippen molar-refractivity contribution in [3.8, 4) is 0 Å². The molecule has 0 aliphatic heterocycles. The smallest absolute Gasteiger partial charge is 0.854 e. The number of rotatable bonds is 9. The van der Waals surface area contributed by atoms with Gasteiger partial charge in [-0.25, -0.2) is 0 Å². The molecule has 0 unspecified atom stereocenters. The first kappa shape index (κ1) is 40.2. The van der Waals surface area contributed by atoms with Crippen LogP contribution >= 0.6 is 0 Å². The Morgan fingerprint density at radius 3 is 0.640 bits per heavy atom. The average molecular weight is 402 g/mol. The van der Waals surface area contributed by atoms with E-state index in [0.29, 0.717) is 0 Å². The van der Waals surface area contributed by atoms with Crippen LogP contribution in [0.1, 0.15) is 79.1 Å². The number of hydrogen-bond acceptors (Lipinski definition) is 6. The first-order valence-corrected chi connectivity index (χ1v) is 9.12. The normalized spacial score (nSPS) is 7.92. The Bertz CT molecular complexity index is 98.1. The topological polar surface area (TPSA) is 133 Å². The van der Waals surface area contributed by atoms with Crippen molar-refractivity contribution in [3.63, 3.8) is 0 Å². The van der Waals surface area contributed by atoms with Gasteiger partial charge in [0.1, 0.15) is 0 Å². The molecule has 7 heteroatoms. The monoisotopic (exact) mass is 402 g/mol.